The maximum atomic E-state index is 4.65. The molecule has 29 heavy (non-hydrogen) atoms. The number of aromatic nitrogens is 1. The van der Waals surface area contributed by atoms with E-state index >= 15 is 0 Å². The number of fused-ring (bicyclic) bond motifs is 1. The third-order valence-electron chi connectivity index (χ3n) is 4.19. The Balaban J connectivity index is 1.52. The highest BCUT2D eigenvalue weighted by molar-refractivity contribution is 9.10. The summed E-state index contributed by atoms with van der Waals surface area (Å²) in [7, 11) is 0. The van der Waals surface area contributed by atoms with Gasteiger partial charge in [-0.3, -0.25) is 0 Å². The Morgan fingerprint density at radius 2 is 1.41 bits per heavy atom. The molecular formula is C24H19BrN2S2. The van der Waals surface area contributed by atoms with E-state index < -0.39 is 0 Å². The maximum absolute atomic E-state index is 4.65. The van der Waals surface area contributed by atoms with E-state index in [9.17, 15) is 0 Å². The third-order valence-corrected chi connectivity index (χ3v) is 7.03. The van der Waals surface area contributed by atoms with Crippen molar-refractivity contribution in [2.24, 2.45) is 0 Å². The molecule has 0 aliphatic carbocycles. The van der Waals surface area contributed by atoms with Gasteiger partial charge >= 0.3 is 0 Å². The molecule has 0 saturated carbocycles. The van der Waals surface area contributed by atoms with Crippen molar-refractivity contribution < 1.29 is 0 Å². The molecule has 2 nitrogen and oxygen atoms in total. The van der Waals surface area contributed by atoms with Crippen LogP contribution in [-0.4, -0.2) is 4.98 Å². The first-order valence-corrected chi connectivity index (χ1v) is 11.6. The number of benzene rings is 3. The van der Waals surface area contributed by atoms with E-state index in [4.69, 9.17) is 0 Å². The van der Waals surface area contributed by atoms with Crippen LogP contribution in [0.2, 0.25) is 0 Å². The van der Waals surface area contributed by atoms with E-state index in [2.05, 4.69) is 93.1 Å². The van der Waals surface area contributed by atoms with Crippen LogP contribution in [-0.2, 0) is 6.54 Å². The summed E-state index contributed by atoms with van der Waals surface area (Å²) in [4.78, 5) is 7.09. The van der Waals surface area contributed by atoms with E-state index in [1.807, 2.05) is 30.3 Å². The molecule has 4 aromatic rings. The summed E-state index contributed by atoms with van der Waals surface area (Å²) in [6, 6.07) is 31.2. The minimum atomic E-state index is 0.701. The van der Waals surface area contributed by atoms with Gasteiger partial charge in [-0.15, -0.1) is 0 Å². The molecule has 0 spiro atoms. The molecule has 0 bridgehead atoms. The predicted octanol–water partition coefficient (Wildman–Crippen LogP) is 7.47. The van der Waals surface area contributed by atoms with Gasteiger partial charge in [0, 0.05) is 33.5 Å². The number of para-hydroxylation sites is 1. The number of halogens is 1. The van der Waals surface area contributed by atoms with E-state index in [1.165, 1.54) is 14.0 Å². The average molecular weight is 479 g/mol. The quantitative estimate of drug-likeness (QED) is 0.220. The molecule has 1 heterocycles. The summed E-state index contributed by atoms with van der Waals surface area (Å²) in [6.07, 6.45) is 2.09. The Labute approximate surface area is 188 Å². The normalized spacial score (nSPS) is 10.7. The number of thioether (sulfide) groups is 2. The summed E-state index contributed by atoms with van der Waals surface area (Å²) in [5.41, 5.74) is 2.13. The Bertz CT molecular complexity index is 1070. The lowest BCUT2D eigenvalue weighted by Crippen LogP contribution is -2.06. The lowest BCUT2D eigenvalue weighted by Gasteiger charge is -2.10. The molecular weight excluding hydrogens is 460 g/mol. The number of pyridine rings is 1. The first-order valence-electron chi connectivity index (χ1n) is 9.21. The summed E-state index contributed by atoms with van der Waals surface area (Å²) in [6.45, 7) is 0.701. The van der Waals surface area contributed by atoms with Crippen LogP contribution in [0.15, 0.2) is 116 Å². The van der Waals surface area contributed by atoms with E-state index in [-0.39, 0.29) is 0 Å². The van der Waals surface area contributed by atoms with E-state index in [0.717, 1.165) is 21.1 Å². The van der Waals surface area contributed by atoms with Crippen molar-refractivity contribution in [3.05, 3.63) is 112 Å². The molecule has 0 aliphatic rings. The summed E-state index contributed by atoms with van der Waals surface area (Å²) < 4.78 is 2.07. The van der Waals surface area contributed by atoms with Gasteiger partial charge in [-0.1, -0.05) is 78.1 Å². The van der Waals surface area contributed by atoms with Crippen LogP contribution in [0.4, 0.5) is 0 Å². The molecule has 0 fully saturated rings. The van der Waals surface area contributed by atoms with Gasteiger partial charge in [-0.2, -0.15) is 0 Å². The van der Waals surface area contributed by atoms with E-state index in [0.29, 0.717) is 6.54 Å². The largest absolute Gasteiger partial charge is 0.385 e. The number of hydrogen-bond donors (Lipinski definition) is 1. The van der Waals surface area contributed by atoms with Crippen LogP contribution in [0.5, 0.6) is 0 Å². The van der Waals surface area contributed by atoms with Gasteiger partial charge in [0.2, 0.25) is 0 Å². The van der Waals surface area contributed by atoms with Crippen molar-refractivity contribution in [1.82, 2.24) is 10.3 Å². The summed E-state index contributed by atoms with van der Waals surface area (Å²) in [5, 5.41) is 4.62. The molecule has 1 N–H and O–H groups in total. The molecule has 144 valence electrons. The Morgan fingerprint density at radius 1 is 0.828 bits per heavy atom. The van der Waals surface area contributed by atoms with Crippen LogP contribution in [0, 0.1) is 0 Å². The molecule has 0 atom stereocenters. The van der Waals surface area contributed by atoms with Crippen LogP contribution >= 0.6 is 39.5 Å². The topological polar surface area (TPSA) is 24.9 Å². The van der Waals surface area contributed by atoms with Gasteiger partial charge in [0.1, 0.15) is 4.60 Å². The fraction of sp³-hybridized carbons (Fsp3) is 0.0417. The summed E-state index contributed by atoms with van der Waals surface area (Å²) >= 11 is 7.13. The Kier molecular flexibility index (Phi) is 6.93. The first-order chi connectivity index (χ1) is 14.3. The van der Waals surface area contributed by atoms with Gasteiger partial charge in [-0.05, 0) is 52.3 Å². The van der Waals surface area contributed by atoms with Crippen molar-refractivity contribution in [3.63, 3.8) is 0 Å². The van der Waals surface area contributed by atoms with Gasteiger partial charge in [0.15, 0.2) is 0 Å². The molecule has 0 aliphatic heterocycles. The fourth-order valence-electron chi connectivity index (χ4n) is 2.79. The van der Waals surface area contributed by atoms with Gasteiger partial charge < -0.3 is 5.32 Å². The zero-order chi connectivity index (χ0) is 19.9. The second kappa shape index (κ2) is 10.0. The molecule has 3 aromatic carbocycles. The SMILES string of the molecule is Brc1nc2ccccc2cc1CNC=C(Sc1ccccc1)Sc1ccccc1. The molecule has 0 saturated heterocycles. The van der Waals surface area contributed by atoms with Crippen LogP contribution in [0.1, 0.15) is 5.56 Å². The van der Waals surface area contributed by atoms with Crippen molar-refractivity contribution in [2.75, 3.05) is 0 Å². The molecule has 0 radical (unpaired) electrons. The lowest BCUT2D eigenvalue weighted by atomic mass is 10.1. The minimum absolute atomic E-state index is 0.701. The fourth-order valence-corrected chi connectivity index (χ4v) is 5.32. The Morgan fingerprint density at radius 3 is 2.07 bits per heavy atom. The number of nitrogens with zero attached hydrogens (tertiary/aromatic N) is 1. The van der Waals surface area contributed by atoms with Crippen molar-refractivity contribution in [2.45, 2.75) is 16.3 Å². The van der Waals surface area contributed by atoms with Crippen LogP contribution < -0.4 is 5.32 Å². The van der Waals surface area contributed by atoms with Gasteiger partial charge in [0.05, 0.1) is 9.75 Å². The monoisotopic (exact) mass is 478 g/mol. The average Bonchev–Trinajstić information content (AvgIpc) is 2.75. The van der Waals surface area contributed by atoms with E-state index in [1.54, 1.807) is 23.5 Å². The lowest BCUT2D eigenvalue weighted by molar-refractivity contribution is 0.861. The number of hydrogen-bond acceptors (Lipinski definition) is 4. The number of nitrogens with one attached hydrogen (secondary N) is 1. The zero-order valence-electron chi connectivity index (χ0n) is 15.6. The predicted molar refractivity (Wildman–Crippen MR) is 129 cm³/mol. The molecule has 5 heteroatoms. The highest BCUT2D eigenvalue weighted by Crippen LogP contribution is 2.38. The first kappa shape index (κ1) is 20.1. The standard InChI is InChI=1S/C24H19BrN2S2/c25-24-19(15-18-9-7-8-14-22(18)27-24)16-26-17-23(28-20-10-3-1-4-11-20)29-21-12-5-2-6-13-21/h1-15,17,26H,16H2. The molecule has 0 amide bonds. The maximum Gasteiger partial charge on any atom is 0.111 e. The zero-order valence-corrected chi connectivity index (χ0v) is 18.8. The smallest absolute Gasteiger partial charge is 0.111 e. The second-order valence-corrected chi connectivity index (χ2v) is 9.55. The summed E-state index contributed by atoms with van der Waals surface area (Å²) in [5.74, 6) is 0. The van der Waals surface area contributed by atoms with Crippen LogP contribution in [0.25, 0.3) is 10.9 Å². The molecule has 0 unspecified atom stereocenters. The van der Waals surface area contributed by atoms with Gasteiger partial charge in [0.25, 0.3) is 0 Å². The van der Waals surface area contributed by atoms with Crippen LogP contribution in [0.3, 0.4) is 0 Å². The van der Waals surface area contributed by atoms with Crippen molar-refractivity contribution in [1.29, 1.82) is 0 Å². The Hall–Kier alpha value is -2.21. The minimum Gasteiger partial charge on any atom is -0.385 e. The molecule has 1 aromatic heterocycles. The van der Waals surface area contributed by atoms with Crippen molar-refractivity contribution >= 4 is 50.4 Å². The van der Waals surface area contributed by atoms with Gasteiger partial charge in [-0.25, -0.2) is 4.98 Å². The number of rotatable bonds is 7. The highest BCUT2D eigenvalue weighted by atomic mass is 79.9. The highest BCUT2D eigenvalue weighted by Gasteiger charge is 2.06. The third kappa shape index (κ3) is 5.66. The van der Waals surface area contributed by atoms with Crippen molar-refractivity contribution in [3.8, 4) is 0 Å². The second-order valence-electron chi connectivity index (χ2n) is 6.31. The molecule has 4 rings (SSSR count).